The number of anilines is 1. The number of piperidine rings is 1. The number of sulfonamides is 1. The SMILES string of the molecule is Cc1ccc(NC(=O)COC(=O)c2cccn2C)cc1S(=O)(=O)N1CCCCC1. The van der Waals surface area contributed by atoms with E-state index in [9.17, 15) is 18.0 Å². The van der Waals surface area contributed by atoms with E-state index in [1.165, 1.54) is 10.4 Å². The number of hydrogen-bond donors (Lipinski definition) is 1. The standard InChI is InChI=1S/C20H25N3O5S/c1-15-8-9-16(13-18(15)29(26,27)23-11-4-3-5-12-23)21-19(24)14-28-20(25)17-7-6-10-22(17)2/h6-10,13H,3-5,11-12,14H2,1-2H3,(H,21,24). The molecule has 1 saturated heterocycles. The average molecular weight is 420 g/mol. The molecule has 3 rings (SSSR count). The Balaban J connectivity index is 1.67. The van der Waals surface area contributed by atoms with E-state index in [1.54, 1.807) is 49.0 Å². The summed E-state index contributed by atoms with van der Waals surface area (Å²) in [5.74, 6) is -1.15. The molecule has 156 valence electrons. The number of rotatable bonds is 6. The van der Waals surface area contributed by atoms with Crippen molar-refractivity contribution in [3.8, 4) is 0 Å². The summed E-state index contributed by atoms with van der Waals surface area (Å²) >= 11 is 0. The summed E-state index contributed by atoms with van der Waals surface area (Å²) in [6, 6.07) is 8.03. The molecule has 0 radical (unpaired) electrons. The fraction of sp³-hybridized carbons (Fsp3) is 0.400. The van der Waals surface area contributed by atoms with Crippen molar-refractivity contribution in [1.82, 2.24) is 8.87 Å². The number of aromatic nitrogens is 1. The van der Waals surface area contributed by atoms with Gasteiger partial charge in [-0.2, -0.15) is 4.31 Å². The zero-order valence-corrected chi connectivity index (χ0v) is 17.4. The van der Waals surface area contributed by atoms with E-state index in [2.05, 4.69) is 5.32 Å². The Bertz CT molecular complexity index is 1010. The van der Waals surface area contributed by atoms with Crippen molar-refractivity contribution in [3.05, 3.63) is 47.8 Å². The summed E-state index contributed by atoms with van der Waals surface area (Å²) in [7, 11) is -1.92. The summed E-state index contributed by atoms with van der Waals surface area (Å²) < 4.78 is 34.0. The van der Waals surface area contributed by atoms with Gasteiger partial charge >= 0.3 is 5.97 Å². The quantitative estimate of drug-likeness (QED) is 0.725. The maximum atomic E-state index is 13.0. The third-order valence-electron chi connectivity index (χ3n) is 4.89. The number of amides is 1. The van der Waals surface area contributed by atoms with Crippen molar-refractivity contribution < 1.29 is 22.7 Å². The van der Waals surface area contributed by atoms with Gasteiger partial charge in [0.2, 0.25) is 10.0 Å². The molecule has 0 spiro atoms. The summed E-state index contributed by atoms with van der Waals surface area (Å²) in [5, 5.41) is 2.59. The molecule has 9 heteroatoms. The molecule has 8 nitrogen and oxygen atoms in total. The molecule has 0 saturated carbocycles. The van der Waals surface area contributed by atoms with Gasteiger partial charge in [-0.3, -0.25) is 4.79 Å². The maximum absolute atomic E-state index is 13.0. The predicted octanol–water partition coefficient (Wildman–Crippen LogP) is 2.30. The number of aryl methyl sites for hydroxylation is 2. The Morgan fingerprint density at radius 1 is 1.14 bits per heavy atom. The largest absolute Gasteiger partial charge is 0.451 e. The Labute approximate surface area is 170 Å². The normalized spacial score (nSPS) is 15.1. The first-order valence-corrected chi connectivity index (χ1v) is 10.9. The number of benzene rings is 1. The number of nitrogens with zero attached hydrogens (tertiary/aromatic N) is 2. The maximum Gasteiger partial charge on any atom is 0.355 e. The Kier molecular flexibility index (Phi) is 6.39. The highest BCUT2D eigenvalue weighted by atomic mass is 32.2. The molecule has 1 aromatic heterocycles. The third kappa shape index (κ3) is 4.86. The highest BCUT2D eigenvalue weighted by Gasteiger charge is 2.27. The van der Waals surface area contributed by atoms with Crippen LogP contribution in [-0.2, 0) is 26.6 Å². The van der Waals surface area contributed by atoms with E-state index >= 15 is 0 Å². The fourth-order valence-corrected chi connectivity index (χ4v) is 5.04. The van der Waals surface area contributed by atoms with E-state index in [1.807, 2.05) is 0 Å². The number of nitrogens with one attached hydrogen (secondary N) is 1. The molecule has 1 amide bonds. The van der Waals surface area contributed by atoms with Crippen LogP contribution in [0.25, 0.3) is 0 Å². The first-order chi connectivity index (χ1) is 13.8. The zero-order chi connectivity index (χ0) is 21.0. The van der Waals surface area contributed by atoms with Crippen LogP contribution >= 0.6 is 0 Å². The number of esters is 1. The second kappa shape index (κ2) is 8.79. The molecular formula is C20H25N3O5S. The van der Waals surface area contributed by atoms with Crippen molar-refractivity contribution in [3.63, 3.8) is 0 Å². The molecular weight excluding hydrogens is 394 g/mol. The molecule has 1 N–H and O–H groups in total. The minimum absolute atomic E-state index is 0.179. The van der Waals surface area contributed by atoms with Gasteiger partial charge in [-0.15, -0.1) is 0 Å². The number of carbonyl (C=O) groups excluding carboxylic acids is 2. The lowest BCUT2D eigenvalue weighted by Gasteiger charge is -2.26. The van der Waals surface area contributed by atoms with Crippen molar-refractivity contribution in [2.24, 2.45) is 7.05 Å². The monoisotopic (exact) mass is 419 g/mol. The first-order valence-electron chi connectivity index (χ1n) is 9.48. The highest BCUT2D eigenvalue weighted by Crippen LogP contribution is 2.26. The van der Waals surface area contributed by atoms with Gasteiger partial charge in [0.05, 0.1) is 4.90 Å². The molecule has 0 aliphatic carbocycles. The molecule has 1 aromatic carbocycles. The van der Waals surface area contributed by atoms with E-state index < -0.39 is 28.5 Å². The van der Waals surface area contributed by atoms with Crippen LogP contribution in [0, 0.1) is 6.92 Å². The minimum Gasteiger partial charge on any atom is -0.451 e. The topological polar surface area (TPSA) is 97.7 Å². The lowest BCUT2D eigenvalue weighted by atomic mass is 10.2. The number of carbonyl (C=O) groups is 2. The molecule has 1 fully saturated rings. The Morgan fingerprint density at radius 2 is 1.86 bits per heavy atom. The van der Waals surface area contributed by atoms with Gasteiger partial charge in [-0.1, -0.05) is 12.5 Å². The van der Waals surface area contributed by atoms with E-state index in [0.29, 0.717) is 30.0 Å². The van der Waals surface area contributed by atoms with Crippen LogP contribution in [0.3, 0.4) is 0 Å². The van der Waals surface area contributed by atoms with Crippen molar-refractivity contribution >= 4 is 27.6 Å². The minimum atomic E-state index is -3.62. The van der Waals surface area contributed by atoms with Crippen LogP contribution in [0.4, 0.5) is 5.69 Å². The lowest BCUT2D eigenvalue weighted by molar-refractivity contribution is -0.119. The van der Waals surface area contributed by atoms with Crippen LogP contribution in [0.15, 0.2) is 41.4 Å². The first kappa shape index (κ1) is 21.1. The predicted molar refractivity (Wildman–Crippen MR) is 108 cm³/mol. The average Bonchev–Trinajstić information content (AvgIpc) is 3.14. The zero-order valence-electron chi connectivity index (χ0n) is 16.6. The van der Waals surface area contributed by atoms with Gasteiger partial charge in [-0.25, -0.2) is 13.2 Å². The van der Waals surface area contributed by atoms with Crippen LogP contribution < -0.4 is 5.32 Å². The van der Waals surface area contributed by atoms with Gasteiger partial charge in [0.15, 0.2) is 6.61 Å². The summed E-state index contributed by atoms with van der Waals surface area (Å²) in [6.45, 7) is 2.27. The van der Waals surface area contributed by atoms with Crippen molar-refractivity contribution in [2.75, 3.05) is 25.0 Å². The van der Waals surface area contributed by atoms with Crippen molar-refractivity contribution in [1.29, 1.82) is 0 Å². The van der Waals surface area contributed by atoms with Gasteiger partial charge in [0.25, 0.3) is 5.91 Å². The third-order valence-corrected chi connectivity index (χ3v) is 6.93. The molecule has 2 aromatic rings. The van der Waals surface area contributed by atoms with Gasteiger partial charge < -0.3 is 14.6 Å². The summed E-state index contributed by atoms with van der Waals surface area (Å²) in [6.07, 6.45) is 4.43. The van der Waals surface area contributed by atoms with Gasteiger partial charge in [0, 0.05) is 32.0 Å². The van der Waals surface area contributed by atoms with E-state index in [4.69, 9.17) is 4.74 Å². The highest BCUT2D eigenvalue weighted by molar-refractivity contribution is 7.89. The Morgan fingerprint density at radius 3 is 2.52 bits per heavy atom. The molecule has 0 atom stereocenters. The summed E-state index contributed by atoms with van der Waals surface area (Å²) in [5.41, 5.74) is 1.29. The van der Waals surface area contributed by atoms with Crippen LogP contribution in [0.2, 0.25) is 0 Å². The Hall–Kier alpha value is -2.65. The van der Waals surface area contributed by atoms with Crippen LogP contribution in [-0.4, -0.2) is 48.9 Å². The summed E-state index contributed by atoms with van der Waals surface area (Å²) in [4.78, 5) is 24.3. The van der Waals surface area contributed by atoms with Crippen LogP contribution in [0.5, 0.6) is 0 Å². The van der Waals surface area contributed by atoms with Gasteiger partial charge in [-0.05, 0) is 49.6 Å². The molecule has 1 aliphatic heterocycles. The molecule has 29 heavy (non-hydrogen) atoms. The van der Waals surface area contributed by atoms with Crippen LogP contribution in [0.1, 0.15) is 35.3 Å². The number of hydrogen-bond acceptors (Lipinski definition) is 5. The molecule has 0 unspecified atom stereocenters. The van der Waals surface area contributed by atoms with E-state index in [-0.39, 0.29) is 4.90 Å². The second-order valence-electron chi connectivity index (χ2n) is 7.07. The fourth-order valence-electron chi connectivity index (χ4n) is 3.28. The smallest absolute Gasteiger partial charge is 0.355 e. The van der Waals surface area contributed by atoms with E-state index in [0.717, 1.165) is 19.3 Å². The van der Waals surface area contributed by atoms with Gasteiger partial charge in [0.1, 0.15) is 5.69 Å². The molecule has 1 aliphatic rings. The lowest BCUT2D eigenvalue weighted by Crippen LogP contribution is -2.36. The second-order valence-corrected chi connectivity index (χ2v) is 8.98. The van der Waals surface area contributed by atoms with Crippen molar-refractivity contribution in [2.45, 2.75) is 31.1 Å². The molecule has 2 heterocycles. The molecule has 0 bridgehead atoms. The number of ether oxygens (including phenoxy) is 1.